The Morgan fingerprint density at radius 1 is 0.597 bits per heavy atom. The van der Waals surface area contributed by atoms with Gasteiger partial charge in [-0.15, -0.1) is 0 Å². The minimum absolute atomic E-state index is 0.191. The summed E-state index contributed by atoms with van der Waals surface area (Å²) in [6.45, 7) is 4.34. The van der Waals surface area contributed by atoms with E-state index in [0.717, 1.165) is 50.5 Å². The first-order valence-electron chi connectivity index (χ1n) is 27.9. The zero-order valence-electron chi connectivity index (χ0n) is 42.7. The molecular formula is C55H102N2O9S. The minimum atomic E-state index is -1.75. The fraction of sp³-hybridized carbons (Fsp3) is 0.891. The van der Waals surface area contributed by atoms with Gasteiger partial charge in [0.25, 0.3) is 5.91 Å². The molecule has 11 nitrogen and oxygen atoms in total. The lowest BCUT2D eigenvalue weighted by molar-refractivity contribution is -0.293. The van der Waals surface area contributed by atoms with Gasteiger partial charge in [0.1, 0.15) is 24.4 Å². The van der Waals surface area contributed by atoms with Crippen molar-refractivity contribution in [2.75, 3.05) is 6.61 Å². The zero-order chi connectivity index (χ0) is 48.6. The van der Waals surface area contributed by atoms with Crippen LogP contribution in [0, 0.1) is 0 Å². The third-order valence-corrected chi connectivity index (χ3v) is 14.6. The highest BCUT2D eigenvalue weighted by Crippen LogP contribution is 2.24. The molecule has 1 saturated heterocycles. The van der Waals surface area contributed by atoms with Gasteiger partial charge in [0, 0.05) is 13.0 Å². The van der Waals surface area contributed by atoms with Crippen LogP contribution < -0.4 is 10.6 Å². The standard InChI is InChI=1S/C55H102N2O9S/c1-3-5-7-9-11-13-15-17-18-19-20-21-22-23-24-25-26-27-29-31-33-35-37-39-48(59)57-46(49(60)47(58)38-36-34-32-30-28-16-14-12-10-8-6-4-2)43-65-55-52(63)50(61)51(62)53(66-55)54(64)56-42-45-40-41-67-44-45/h40-41,44,46-47,49-53,55,58,60-63H,3-39,42-43H2,1-2H3,(H,56,64)(H,57,59)/t46-,47+,49-,50-,51+,52+,53-,55-/m0/s1. The first kappa shape index (κ1) is 61.5. The molecular weight excluding hydrogens is 865 g/mol. The number of carbonyl (C=O) groups is 2. The van der Waals surface area contributed by atoms with E-state index in [9.17, 15) is 35.1 Å². The van der Waals surface area contributed by atoms with Crippen molar-refractivity contribution in [3.63, 3.8) is 0 Å². The minimum Gasteiger partial charge on any atom is -0.390 e. The number of hydrogen-bond acceptors (Lipinski definition) is 10. The van der Waals surface area contributed by atoms with Crippen LogP contribution in [0.4, 0.5) is 0 Å². The average Bonchev–Trinajstić information content (AvgIpc) is 3.86. The van der Waals surface area contributed by atoms with E-state index in [-0.39, 0.29) is 25.5 Å². The van der Waals surface area contributed by atoms with Crippen LogP contribution in [0.5, 0.6) is 0 Å². The van der Waals surface area contributed by atoms with E-state index in [0.29, 0.717) is 12.8 Å². The molecule has 0 unspecified atom stereocenters. The molecule has 2 amide bonds. The molecule has 1 fully saturated rings. The number of ether oxygens (including phenoxy) is 2. The molecule has 0 bridgehead atoms. The predicted octanol–water partition coefficient (Wildman–Crippen LogP) is 11.9. The molecule has 8 atom stereocenters. The summed E-state index contributed by atoms with van der Waals surface area (Å²) in [7, 11) is 0. The largest absolute Gasteiger partial charge is 0.390 e. The highest BCUT2D eigenvalue weighted by atomic mass is 32.1. The first-order valence-corrected chi connectivity index (χ1v) is 28.9. The maximum atomic E-state index is 13.2. The molecule has 1 aromatic rings. The van der Waals surface area contributed by atoms with Crippen molar-refractivity contribution < 1.29 is 44.6 Å². The number of rotatable bonds is 46. The number of carbonyl (C=O) groups excluding carboxylic acids is 2. The summed E-state index contributed by atoms with van der Waals surface area (Å²) >= 11 is 1.48. The summed E-state index contributed by atoms with van der Waals surface area (Å²) in [6, 6.07) is 0.804. The van der Waals surface area contributed by atoms with E-state index in [4.69, 9.17) is 9.47 Å². The Morgan fingerprint density at radius 2 is 1.01 bits per heavy atom. The normalized spacial score (nSPS) is 19.9. The van der Waals surface area contributed by atoms with E-state index >= 15 is 0 Å². The van der Waals surface area contributed by atoms with E-state index in [1.807, 2.05) is 16.8 Å². The van der Waals surface area contributed by atoms with Crippen LogP contribution in [0.25, 0.3) is 0 Å². The van der Waals surface area contributed by atoms with Gasteiger partial charge in [-0.25, -0.2) is 0 Å². The number of nitrogens with one attached hydrogen (secondary N) is 2. The van der Waals surface area contributed by atoms with E-state index < -0.39 is 54.9 Å². The molecule has 0 aliphatic carbocycles. The predicted molar refractivity (Wildman–Crippen MR) is 275 cm³/mol. The van der Waals surface area contributed by atoms with Crippen molar-refractivity contribution in [3.8, 4) is 0 Å². The smallest absolute Gasteiger partial charge is 0.252 e. The lowest BCUT2D eigenvalue weighted by Crippen LogP contribution is -2.62. The van der Waals surface area contributed by atoms with Crippen molar-refractivity contribution >= 4 is 23.2 Å². The van der Waals surface area contributed by atoms with Crippen molar-refractivity contribution in [1.82, 2.24) is 10.6 Å². The number of amides is 2. The summed E-state index contributed by atoms with van der Waals surface area (Å²) in [5.41, 5.74) is 0.863. The maximum Gasteiger partial charge on any atom is 0.252 e. The fourth-order valence-electron chi connectivity index (χ4n) is 9.29. The van der Waals surface area contributed by atoms with Crippen molar-refractivity contribution in [3.05, 3.63) is 22.4 Å². The molecule has 67 heavy (non-hydrogen) atoms. The fourth-order valence-corrected chi connectivity index (χ4v) is 9.96. The van der Waals surface area contributed by atoms with Crippen LogP contribution in [-0.2, 0) is 25.6 Å². The van der Waals surface area contributed by atoms with Gasteiger partial charge in [0.2, 0.25) is 5.91 Å². The lowest BCUT2D eigenvalue weighted by Gasteiger charge is -2.40. The first-order chi connectivity index (χ1) is 32.7. The summed E-state index contributed by atoms with van der Waals surface area (Å²) in [5.74, 6) is -0.962. The Balaban J connectivity index is 1.69. The summed E-state index contributed by atoms with van der Waals surface area (Å²) in [6.07, 6.45) is 34.0. The number of aliphatic hydroxyl groups is 5. The third kappa shape index (κ3) is 30.7. The van der Waals surface area contributed by atoms with Crippen LogP contribution >= 0.6 is 11.3 Å². The highest BCUT2D eigenvalue weighted by molar-refractivity contribution is 7.07. The Labute approximate surface area is 412 Å². The van der Waals surface area contributed by atoms with Gasteiger partial charge in [-0.05, 0) is 35.2 Å². The SMILES string of the molecule is CCCCCCCCCCCCCCCCCCCCCCCCCC(=O)N[C@@H](CO[C@H]1O[C@H](C(=O)NCc2ccsc2)[C@H](O)[C@H](O)[C@H]1O)[C@H](O)[C@H](O)CCCCCCCCCCCCCC. The number of aliphatic hydroxyl groups excluding tert-OH is 5. The van der Waals surface area contributed by atoms with Gasteiger partial charge >= 0.3 is 0 Å². The van der Waals surface area contributed by atoms with Crippen molar-refractivity contribution in [2.45, 2.75) is 307 Å². The van der Waals surface area contributed by atoms with Gasteiger partial charge in [-0.1, -0.05) is 232 Å². The van der Waals surface area contributed by atoms with Crippen molar-refractivity contribution in [1.29, 1.82) is 0 Å². The Kier molecular flexibility index (Phi) is 38.6. The van der Waals surface area contributed by atoms with Crippen molar-refractivity contribution in [2.24, 2.45) is 0 Å². The Hall–Kier alpha value is -1.64. The quantitative estimate of drug-likeness (QED) is 0.0313. The summed E-state index contributed by atoms with van der Waals surface area (Å²) in [4.78, 5) is 26.2. The van der Waals surface area contributed by atoms with Crippen LogP contribution in [0.3, 0.4) is 0 Å². The second-order valence-electron chi connectivity index (χ2n) is 20.0. The molecule has 2 heterocycles. The average molecular weight is 967 g/mol. The van der Waals surface area contributed by atoms with Gasteiger partial charge in [0.15, 0.2) is 12.4 Å². The molecule has 12 heteroatoms. The second-order valence-corrected chi connectivity index (χ2v) is 20.8. The highest BCUT2D eigenvalue weighted by Gasteiger charge is 2.47. The van der Waals surface area contributed by atoms with E-state index in [2.05, 4.69) is 24.5 Å². The topological polar surface area (TPSA) is 178 Å². The summed E-state index contributed by atoms with van der Waals surface area (Å²) in [5, 5.41) is 63.7. The number of hydrogen-bond donors (Lipinski definition) is 7. The van der Waals surface area contributed by atoms with Gasteiger partial charge in [-0.3, -0.25) is 9.59 Å². The zero-order valence-corrected chi connectivity index (χ0v) is 43.5. The second kappa shape index (κ2) is 42.1. The molecule has 1 aliphatic rings. The molecule has 2 rings (SSSR count). The van der Waals surface area contributed by atoms with E-state index in [1.165, 1.54) is 185 Å². The van der Waals surface area contributed by atoms with Gasteiger partial charge < -0.3 is 45.6 Å². The monoisotopic (exact) mass is 967 g/mol. The summed E-state index contributed by atoms with van der Waals surface area (Å²) < 4.78 is 11.5. The van der Waals surface area contributed by atoms with Gasteiger partial charge in [0.05, 0.1) is 18.8 Å². The van der Waals surface area contributed by atoms with Crippen LogP contribution in [0.1, 0.15) is 257 Å². The molecule has 0 saturated carbocycles. The number of unbranched alkanes of at least 4 members (excludes halogenated alkanes) is 33. The number of thiophene rings is 1. The van der Waals surface area contributed by atoms with Crippen LogP contribution in [-0.4, -0.2) is 92.9 Å². The Bertz CT molecular complexity index is 1270. The molecule has 0 radical (unpaired) electrons. The molecule has 1 aliphatic heterocycles. The molecule has 0 spiro atoms. The van der Waals surface area contributed by atoms with Gasteiger partial charge in [-0.2, -0.15) is 11.3 Å². The molecule has 7 N–H and O–H groups in total. The molecule has 392 valence electrons. The third-order valence-electron chi connectivity index (χ3n) is 13.8. The maximum absolute atomic E-state index is 13.2. The van der Waals surface area contributed by atoms with E-state index in [1.54, 1.807) is 0 Å². The molecule has 1 aromatic heterocycles. The van der Waals surface area contributed by atoms with Crippen LogP contribution in [0.2, 0.25) is 0 Å². The molecule has 0 aromatic carbocycles. The lowest BCUT2D eigenvalue weighted by atomic mass is 9.97. The Morgan fingerprint density at radius 3 is 1.43 bits per heavy atom. The van der Waals surface area contributed by atoms with Crippen LogP contribution in [0.15, 0.2) is 16.8 Å².